The summed E-state index contributed by atoms with van der Waals surface area (Å²) >= 11 is 9.23. The minimum Gasteiger partial charge on any atom is -0.322 e. The van der Waals surface area contributed by atoms with Gasteiger partial charge in [-0.05, 0) is 42.8 Å². The monoisotopic (exact) mass is 323 g/mol. The highest BCUT2D eigenvalue weighted by molar-refractivity contribution is 9.10. The highest BCUT2D eigenvalue weighted by Gasteiger charge is 2.09. The Morgan fingerprint density at radius 2 is 2.00 bits per heavy atom. The summed E-state index contributed by atoms with van der Waals surface area (Å²) in [5, 5.41) is 3.42. The van der Waals surface area contributed by atoms with Gasteiger partial charge in [-0.1, -0.05) is 39.7 Å². The Morgan fingerprint density at radius 1 is 1.22 bits per heavy atom. The predicted molar refractivity (Wildman–Crippen MR) is 78.3 cm³/mol. The summed E-state index contributed by atoms with van der Waals surface area (Å²) in [7, 11) is 0. The lowest BCUT2D eigenvalue weighted by molar-refractivity contribution is 0.102. The van der Waals surface area contributed by atoms with Crippen molar-refractivity contribution < 1.29 is 4.79 Å². The smallest absolute Gasteiger partial charge is 0.255 e. The fraction of sp³-hybridized carbons (Fsp3) is 0.0714. The molecule has 0 unspecified atom stereocenters. The number of hydrogen-bond donors (Lipinski definition) is 1. The number of carbonyl (C=O) groups excluding carboxylic acids is 1. The van der Waals surface area contributed by atoms with E-state index < -0.39 is 0 Å². The third kappa shape index (κ3) is 3.12. The van der Waals surface area contributed by atoms with E-state index in [2.05, 4.69) is 21.2 Å². The molecule has 0 radical (unpaired) electrons. The quantitative estimate of drug-likeness (QED) is 0.855. The van der Waals surface area contributed by atoms with Crippen LogP contribution in [0.15, 0.2) is 46.9 Å². The molecule has 92 valence electrons. The van der Waals surface area contributed by atoms with Crippen LogP contribution in [-0.4, -0.2) is 5.91 Å². The zero-order chi connectivity index (χ0) is 13.1. The molecule has 0 aliphatic rings. The average molecular weight is 325 g/mol. The Bertz CT molecular complexity index is 598. The normalized spacial score (nSPS) is 10.2. The number of halogens is 2. The topological polar surface area (TPSA) is 29.1 Å². The van der Waals surface area contributed by atoms with Crippen LogP contribution < -0.4 is 5.32 Å². The fourth-order valence-corrected chi connectivity index (χ4v) is 2.15. The van der Waals surface area contributed by atoms with Crippen molar-refractivity contribution in [2.75, 3.05) is 5.32 Å². The highest BCUT2D eigenvalue weighted by Crippen LogP contribution is 2.19. The third-order valence-corrected chi connectivity index (χ3v) is 3.26. The van der Waals surface area contributed by atoms with Gasteiger partial charge in [0, 0.05) is 20.7 Å². The SMILES string of the molecule is Cc1ccc(Br)cc1C(=O)Nc1cccc(Cl)c1. The molecule has 2 aromatic carbocycles. The molecule has 0 heterocycles. The van der Waals surface area contributed by atoms with Crippen LogP contribution in [0.25, 0.3) is 0 Å². The number of amides is 1. The molecule has 0 aliphatic heterocycles. The molecule has 18 heavy (non-hydrogen) atoms. The molecule has 1 amide bonds. The molecule has 0 saturated heterocycles. The van der Waals surface area contributed by atoms with Gasteiger partial charge in [-0.2, -0.15) is 0 Å². The summed E-state index contributed by atoms with van der Waals surface area (Å²) in [5.41, 5.74) is 2.26. The lowest BCUT2D eigenvalue weighted by atomic mass is 10.1. The fourth-order valence-electron chi connectivity index (χ4n) is 1.60. The number of rotatable bonds is 2. The molecule has 2 nitrogen and oxygen atoms in total. The van der Waals surface area contributed by atoms with Gasteiger partial charge >= 0.3 is 0 Å². The van der Waals surface area contributed by atoms with Crippen LogP contribution in [0.5, 0.6) is 0 Å². The zero-order valence-electron chi connectivity index (χ0n) is 9.71. The molecule has 4 heteroatoms. The Hall–Kier alpha value is -1.32. The summed E-state index contributed by atoms with van der Waals surface area (Å²) in [4.78, 5) is 12.1. The van der Waals surface area contributed by atoms with E-state index in [1.807, 2.05) is 19.1 Å². The maximum Gasteiger partial charge on any atom is 0.255 e. The number of hydrogen-bond acceptors (Lipinski definition) is 1. The molecular weight excluding hydrogens is 314 g/mol. The first-order valence-corrected chi connectivity index (χ1v) is 6.56. The number of benzene rings is 2. The second kappa shape index (κ2) is 5.55. The Balaban J connectivity index is 2.24. The van der Waals surface area contributed by atoms with E-state index in [9.17, 15) is 4.79 Å². The van der Waals surface area contributed by atoms with Crippen LogP contribution in [0.4, 0.5) is 5.69 Å². The number of anilines is 1. The molecule has 0 aliphatic carbocycles. The van der Waals surface area contributed by atoms with E-state index in [-0.39, 0.29) is 5.91 Å². The Labute approximate surface area is 119 Å². The first kappa shape index (κ1) is 13.1. The zero-order valence-corrected chi connectivity index (χ0v) is 12.0. The molecule has 0 aromatic heterocycles. The second-order valence-corrected chi connectivity index (χ2v) is 5.28. The van der Waals surface area contributed by atoms with Gasteiger partial charge in [0.25, 0.3) is 5.91 Å². The summed E-state index contributed by atoms with van der Waals surface area (Å²) < 4.78 is 0.879. The van der Waals surface area contributed by atoms with Gasteiger partial charge in [0.1, 0.15) is 0 Å². The summed E-state index contributed by atoms with van der Waals surface area (Å²) in [5.74, 6) is -0.143. The lowest BCUT2D eigenvalue weighted by Gasteiger charge is -2.08. The number of aryl methyl sites for hydroxylation is 1. The van der Waals surface area contributed by atoms with E-state index in [4.69, 9.17) is 11.6 Å². The van der Waals surface area contributed by atoms with Crippen LogP contribution >= 0.6 is 27.5 Å². The molecule has 0 atom stereocenters. The molecule has 0 fully saturated rings. The minimum atomic E-state index is -0.143. The van der Waals surface area contributed by atoms with Gasteiger partial charge in [0.05, 0.1) is 0 Å². The van der Waals surface area contributed by atoms with Crippen molar-refractivity contribution in [3.63, 3.8) is 0 Å². The standard InChI is InChI=1S/C14H11BrClNO/c1-9-5-6-10(15)7-13(9)14(18)17-12-4-2-3-11(16)8-12/h2-8H,1H3,(H,17,18). The van der Waals surface area contributed by atoms with Crippen molar-refractivity contribution in [2.45, 2.75) is 6.92 Å². The largest absolute Gasteiger partial charge is 0.322 e. The molecule has 2 rings (SSSR count). The van der Waals surface area contributed by atoms with Crippen LogP contribution in [0.1, 0.15) is 15.9 Å². The molecule has 0 spiro atoms. The van der Waals surface area contributed by atoms with E-state index in [1.54, 1.807) is 30.3 Å². The molecular formula is C14H11BrClNO. The summed E-state index contributed by atoms with van der Waals surface area (Å²) in [6.07, 6.45) is 0. The second-order valence-electron chi connectivity index (χ2n) is 3.92. The van der Waals surface area contributed by atoms with Gasteiger partial charge in [0.15, 0.2) is 0 Å². The lowest BCUT2D eigenvalue weighted by Crippen LogP contribution is -2.13. The number of carbonyl (C=O) groups is 1. The molecule has 1 N–H and O–H groups in total. The predicted octanol–water partition coefficient (Wildman–Crippen LogP) is 4.66. The maximum absolute atomic E-state index is 12.1. The van der Waals surface area contributed by atoms with Gasteiger partial charge in [-0.15, -0.1) is 0 Å². The van der Waals surface area contributed by atoms with Crippen molar-refractivity contribution >= 4 is 39.1 Å². The Morgan fingerprint density at radius 3 is 2.72 bits per heavy atom. The van der Waals surface area contributed by atoms with Crippen molar-refractivity contribution in [3.05, 3.63) is 63.1 Å². The number of nitrogens with one attached hydrogen (secondary N) is 1. The first-order valence-electron chi connectivity index (χ1n) is 5.39. The van der Waals surface area contributed by atoms with E-state index in [1.165, 1.54) is 0 Å². The Kier molecular flexibility index (Phi) is 4.04. The highest BCUT2D eigenvalue weighted by atomic mass is 79.9. The first-order chi connectivity index (χ1) is 8.56. The van der Waals surface area contributed by atoms with Gasteiger partial charge < -0.3 is 5.32 Å². The van der Waals surface area contributed by atoms with Crippen molar-refractivity contribution in [1.29, 1.82) is 0 Å². The molecule has 2 aromatic rings. The van der Waals surface area contributed by atoms with Crippen molar-refractivity contribution in [1.82, 2.24) is 0 Å². The van der Waals surface area contributed by atoms with Crippen LogP contribution in [0, 0.1) is 6.92 Å². The average Bonchev–Trinajstić information content (AvgIpc) is 2.32. The van der Waals surface area contributed by atoms with Gasteiger partial charge in [-0.25, -0.2) is 0 Å². The van der Waals surface area contributed by atoms with Crippen molar-refractivity contribution in [3.8, 4) is 0 Å². The third-order valence-electron chi connectivity index (χ3n) is 2.53. The van der Waals surface area contributed by atoms with Crippen LogP contribution in [-0.2, 0) is 0 Å². The van der Waals surface area contributed by atoms with Crippen LogP contribution in [0.3, 0.4) is 0 Å². The molecule has 0 saturated carbocycles. The summed E-state index contributed by atoms with van der Waals surface area (Å²) in [6.45, 7) is 1.90. The van der Waals surface area contributed by atoms with E-state index >= 15 is 0 Å². The summed E-state index contributed by atoms with van der Waals surface area (Å²) in [6, 6.07) is 12.7. The van der Waals surface area contributed by atoms with Crippen LogP contribution in [0.2, 0.25) is 5.02 Å². The van der Waals surface area contributed by atoms with E-state index in [0.29, 0.717) is 16.3 Å². The van der Waals surface area contributed by atoms with Crippen molar-refractivity contribution in [2.24, 2.45) is 0 Å². The van der Waals surface area contributed by atoms with Gasteiger partial charge in [-0.3, -0.25) is 4.79 Å². The molecule has 0 bridgehead atoms. The van der Waals surface area contributed by atoms with Gasteiger partial charge in [0.2, 0.25) is 0 Å². The van der Waals surface area contributed by atoms with E-state index in [0.717, 1.165) is 10.0 Å². The maximum atomic E-state index is 12.1. The minimum absolute atomic E-state index is 0.143.